The first-order chi connectivity index (χ1) is 18.4. The van der Waals surface area contributed by atoms with Crippen LogP contribution in [0.5, 0.6) is 11.5 Å². The summed E-state index contributed by atoms with van der Waals surface area (Å²) in [5.41, 5.74) is -1.07. The fourth-order valence-corrected chi connectivity index (χ4v) is 3.40. The molecule has 226 valence electrons. The van der Waals surface area contributed by atoms with Crippen molar-refractivity contribution in [1.82, 2.24) is 5.32 Å². The molecule has 0 saturated carbocycles. The molecule has 1 N–H and O–H groups in total. The van der Waals surface area contributed by atoms with Gasteiger partial charge in [-0.25, -0.2) is 9.59 Å². The average Bonchev–Trinajstić information content (AvgIpc) is 2.80. The van der Waals surface area contributed by atoms with Gasteiger partial charge in [0.25, 0.3) is 0 Å². The predicted octanol–water partition coefficient (Wildman–Crippen LogP) is 5.36. The van der Waals surface area contributed by atoms with Gasteiger partial charge in [0.1, 0.15) is 23.3 Å². The van der Waals surface area contributed by atoms with E-state index in [0.717, 1.165) is 12.8 Å². The molecule has 11 nitrogen and oxygen atoms in total. The Kier molecular flexibility index (Phi) is 13.4. The van der Waals surface area contributed by atoms with Crippen LogP contribution in [0.3, 0.4) is 0 Å². The molecule has 0 saturated heterocycles. The fourth-order valence-electron chi connectivity index (χ4n) is 3.40. The fraction of sp³-hybridized carbons (Fsp3) is 0.655. The summed E-state index contributed by atoms with van der Waals surface area (Å²) in [7, 11) is 1.27. The molecule has 0 fully saturated rings. The minimum absolute atomic E-state index is 0.0758. The van der Waals surface area contributed by atoms with Gasteiger partial charge in [0.15, 0.2) is 11.5 Å². The second-order valence-electron chi connectivity index (χ2n) is 11.5. The molecule has 11 heteroatoms. The zero-order valence-corrected chi connectivity index (χ0v) is 25.4. The number of hydrogen-bond donors (Lipinski definition) is 1. The van der Waals surface area contributed by atoms with Crippen molar-refractivity contribution in [1.29, 1.82) is 0 Å². The van der Waals surface area contributed by atoms with Gasteiger partial charge in [-0.3, -0.25) is 9.59 Å². The van der Waals surface area contributed by atoms with Crippen LogP contribution in [-0.2, 0) is 35.0 Å². The van der Waals surface area contributed by atoms with E-state index in [2.05, 4.69) is 5.32 Å². The molecule has 1 aromatic rings. The molecule has 0 aromatic heterocycles. The maximum Gasteiger partial charge on any atom is 0.514 e. The van der Waals surface area contributed by atoms with Crippen LogP contribution in [0.15, 0.2) is 18.2 Å². The highest BCUT2D eigenvalue weighted by atomic mass is 16.8. The Balaban J connectivity index is 3.11. The molecular weight excluding hydrogens is 522 g/mol. The Morgan fingerprint density at radius 3 is 1.90 bits per heavy atom. The van der Waals surface area contributed by atoms with Gasteiger partial charge in [-0.1, -0.05) is 26.3 Å². The van der Waals surface area contributed by atoms with Crippen LogP contribution in [0.25, 0.3) is 0 Å². The predicted molar refractivity (Wildman–Crippen MR) is 147 cm³/mol. The molecule has 0 aliphatic rings. The summed E-state index contributed by atoms with van der Waals surface area (Å²) in [5.74, 6) is -1.23. The lowest BCUT2D eigenvalue weighted by Gasteiger charge is -2.22. The topological polar surface area (TPSA) is 136 Å². The smallest absolute Gasteiger partial charge is 0.468 e. The monoisotopic (exact) mass is 567 g/mol. The zero-order chi connectivity index (χ0) is 30.7. The minimum atomic E-state index is -1.01. The van der Waals surface area contributed by atoms with Crippen molar-refractivity contribution < 1.29 is 47.6 Å². The van der Waals surface area contributed by atoms with Crippen LogP contribution < -0.4 is 14.8 Å². The first-order valence-electron chi connectivity index (χ1n) is 13.4. The molecule has 2 unspecified atom stereocenters. The van der Waals surface area contributed by atoms with Crippen molar-refractivity contribution in [2.45, 2.75) is 105 Å². The second kappa shape index (κ2) is 15.4. The number of benzene rings is 1. The average molecular weight is 568 g/mol. The van der Waals surface area contributed by atoms with E-state index in [1.165, 1.54) is 19.2 Å². The van der Waals surface area contributed by atoms with Gasteiger partial charge in [-0.2, -0.15) is 0 Å². The summed E-state index contributed by atoms with van der Waals surface area (Å²) in [6.07, 6.45) is -0.763. The van der Waals surface area contributed by atoms with Crippen LogP contribution in [0.4, 0.5) is 9.59 Å². The zero-order valence-electron chi connectivity index (χ0n) is 25.4. The van der Waals surface area contributed by atoms with Crippen molar-refractivity contribution in [3.8, 4) is 11.5 Å². The van der Waals surface area contributed by atoms with Crippen molar-refractivity contribution in [2.24, 2.45) is 5.92 Å². The number of carbonyl (C=O) groups is 4. The highest BCUT2D eigenvalue weighted by Gasteiger charge is 2.26. The van der Waals surface area contributed by atoms with E-state index in [1.807, 2.05) is 13.8 Å². The van der Waals surface area contributed by atoms with Crippen LogP contribution in [0.1, 0.15) is 80.7 Å². The third kappa shape index (κ3) is 13.6. The van der Waals surface area contributed by atoms with Crippen LogP contribution >= 0.6 is 0 Å². The van der Waals surface area contributed by atoms with Crippen molar-refractivity contribution in [2.75, 3.05) is 13.7 Å². The molecule has 40 heavy (non-hydrogen) atoms. The van der Waals surface area contributed by atoms with Crippen molar-refractivity contribution in [3.63, 3.8) is 0 Å². The summed E-state index contributed by atoms with van der Waals surface area (Å²) < 4.78 is 31.5. The lowest BCUT2D eigenvalue weighted by atomic mass is 10.0. The SMILES string of the molecule is CCCC(C)C(=O)OC(C)CN[C@@H](Cc1ccc(OC(=O)OC(C)(C)C)c(OC(=O)OC(C)(C)C)c1)C(=O)OC. The first-order valence-corrected chi connectivity index (χ1v) is 13.4. The Hall–Kier alpha value is -3.34. The van der Waals surface area contributed by atoms with E-state index < -0.39 is 41.6 Å². The van der Waals surface area contributed by atoms with Gasteiger partial charge in [-0.05, 0) is 79.0 Å². The standard InChI is InChI=1S/C29H45NO10/c1-11-12-18(2)24(31)36-19(3)17-30-21(25(32)35-10)15-20-13-14-22(37-26(33)39-28(4,5)6)23(16-20)38-27(34)40-29(7,8)9/h13-14,16,18-19,21,30H,11-12,15,17H2,1-10H3/t18?,19?,21-/m0/s1. The van der Waals surface area contributed by atoms with E-state index in [9.17, 15) is 19.2 Å². The summed E-state index contributed by atoms with van der Waals surface area (Å²) in [5, 5.41) is 3.07. The highest BCUT2D eigenvalue weighted by molar-refractivity contribution is 5.76. The molecule has 0 heterocycles. The Bertz CT molecular complexity index is 1010. The second-order valence-corrected chi connectivity index (χ2v) is 11.5. The molecule has 1 rings (SSSR count). The molecule has 3 atom stereocenters. The number of hydrogen-bond acceptors (Lipinski definition) is 11. The summed E-state index contributed by atoms with van der Waals surface area (Å²) in [6, 6.07) is 3.67. The number of methoxy groups -OCH3 is 1. The lowest BCUT2D eigenvalue weighted by Crippen LogP contribution is -2.43. The van der Waals surface area contributed by atoms with E-state index in [-0.39, 0.29) is 36.4 Å². The molecule has 0 amide bonds. The van der Waals surface area contributed by atoms with E-state index in [4.69, 9.17) is 28.4 Å². The van der Waals surface area contributed by atoms with E-state index >= 15 is 0 Å². The molecule has 0 aliphatic heterocycles. The van der Waals surface area contributed by atoms with Gasteiger partial charge >= 0.3 is 24.2 Å². The molecule has 0 aliphatic carbocycles. The third-order valence-electron chi connectivity index (χ3n) is 5.19. The molecule has 1 aromatic carbocycles. The van der Waals surface area contributed by atoms with Crippen LogP contribution in [0.2, 0.25) is 0 Å². The molecular formula is C29H45NO10. The number of rotatable bonds is 12. The number of carbonyl (C=O) groups excluding carboxylic acids is 4. The van der Waals surface area contributed by atoms with E-state index in [0.29, 0.717) is 5.56 Å². The minimum Gasteiger partial charge on any atom is -0.468 e. The van der Waals surface area contributed by atoms with Gasteiger partial charge in [0.2, 0.25) is 0 Å². The summed E-state index contributed by atoms with van der Waals surface area (Å²) in [6.45, 7) is 15.8. The van der Waals surface area contributed by atoms with Gasteiger partial charge < -0.3 is 33.7 Å². The van der Waals surface area contributed by atoms with E-state index in [1.54, 1.807) is 54.5 Å². The maximum atomic E-state index is 12.5. The van der Waals surface area contributed by atoms with Gasteiger partial charge in [0, 0.05) is 6.54 Å². The number of esters is 2. The number of nitrogens with one attached hydrogen (secondary N) is 1. The summed E-state index contributed by atoms with van der Waals surface area (Å²) >= 11 is 0. The maximum absolute atomic E-state index is 12.5. The van der Waals surface area contributed by atoms with Crippen LogP contribution in [-0.4, -0.2) is 61.3 Å². The third-order valence-corrected chi connectivity index (χ3v) is 5.19. The van der Waals surface area contributed by atoms with Gasteiger partial charge in [-0.15, -0.1) is 0 Å². The first kappa shape index (κ1) is 34.7. The number of ether oxygens (including phenoxy) is 6. The molecule has 0 radical (unpaired) electrons. The Morgan fingerprint density at radius 2 is 1.40 bits per heavy atom. The molecule has 0 bridgehead atoms. The Morgan fingerprint density at radius 1 is 0.850 bits per heavy atom. The van der Waals surface area contributed by atoms with Crippen molar-refractivity contribution in [3.05, 3.63) is 23.8 Å². The Labute approximate surface area is 237 Å². The largest absolute Gasteiger partial charge is 0.514 e. The quantitative estimate of drug-likeness (QED) is 0.199. The van der Waals surface area contributed by atoms with Crippen molar-refractivity contribution >= 4 is 24.2 Å². The molecule has 0 spiro atoms. The summed E-state index contributed by atoms with van der Waals surface area (Å²) in [4.78, 5) is 49.4. The lowest BCUT2D eigenvalue weighted by molar-refractivity contribution is -0.152. The van der Waals surface area contributed by atoms with Gasteiger partial charge in [0.05, 0.1) is 13.0 Å². The highest BCUT2D eigenvalue weighted by Crippen LogP contribution is 2.31. The normalized spacial score (nSPS) is 13.8. The van der Waals surface area contributed by atoms with Crippen LogP contribution in [0, 0.1) is 5.92 Å².